The van der Waals surface area contributed by atoms with Gasteiger partial charge in [-0.25, -0.2) is 4.39 Å². The van der Waals surface area contributed by atoms with Gasteiger partial charge in [0.15, 0.2) is 0 Å². The number of hydrogen-bond acceptors (Lipinski definition) is 4. The Kier molecular flexibility index (Phi) is 8.75. The van der Waals surface area contributed by atoms with Crippen molar-refractivity contribution in [3.8, 4) is 5.75 Å². The van der Waals surface area contributed by atoms with Crippen molar-refractivity contribution in [2.75, 3.05) is 14.2 Å². The zero-order valence-corrected chi connectivity index (χ0v) is 19.6. The molecular weight excluding hydrogens is 409 g/mol. The molecule has 1 aliphatic carbocycles. The first-order valence-electron chi connectivity index (χ1n) is 10.9. The molecule has 0 heterocycles. The van der Waals surface area contributed by atoms with Gasteiger partial charge in [0.2, 0.25) is 0 Å². The third-order valence-electron chi connectivity index (χ3n) is 5.94. The Balaban J connectivity index is 2.13. The number of carbonyl (C=O) groups is 2. The quantitative estimate of drug-likeness (QED) is 0.483. The van der Waals surface area contributed by atoms with Gasteiger partial charge in [0.1, 0.15) is 22.8 Å². The van der Waals surface area contributed by atoms with Crippen LogP contribution >= 0.6 is 0 Å². The number of allylic oxidation sites excluding steroid dienone is 2. The van der Waals surface area contributed by atoms with Crippen LogP contribution in [0.15, 0.2) is 47.6 Å². The third-order valence-corrected chi connectivity index (χ3v) is 5.94. The van der Waals surface area contributed by atoms with Crippen LogP contribution in [-0.2, 0) is 4.79 Å². The number of nitrogens with one attached hydrogen (secondary N) is 2. The van der Waals surface area contributed by atoms with Crippen LogP contribution in [0.1, 0.15) is 56.8 Å². The van der Waals surface area contributed by atoms with Crippen LogP contribution in [0.3, 0.4) is 0 Å². The van der Waals surface area contributed by atoms with E-state index < -0.39 is 11.7 Å². The number of benzene rings is 1. The van der Waals surface area contributed by atoms with E-state index in [-0.39, 0.29) is 40.1 Å². The Morgan fingerprint density at radius 2 is 1.88 bits per heavy atom. The van der Waals surface area contributed by atoms with Crippen LogP contribution in [0, 0.1) is 17.2 Å². The Morgan fingerprint density at radius 3 is 2.41 bits per heavy atom. The highest BCUT2D eigenvalue weighted by Crippen LogP contribution is 2.37. The van der Waals surface area contributed by atoms with Crippen LogP contribution in [0.2, 0.25) is 0 Å². The van der Waals surface area contributed by atoms with Crippen molar-refractivity contribution in [2.24, 2.45) is 16.3 Å². The van der Waals surface area contributed by atoms with E-state index in [9.17, 15) is 14.0 Å². The standard InChI is InChI=1S/C25H34FN3O3/c1-7-9-19(29-23(30)21-18(26)10-8-11-20(21)32-6)22(27-5)24(31)28-17-14-12-16(13-15-17)25(2,3)4/h7-11,16-17H,1,12-15H2,2-6H3,(H,28,31)(H,29,30)/b19-9+,27-22?. The van der Waals surface area contributed by atoms with Crippen molar-refractivity contribution in [1.29, 1.82) is 0 Å². The molecule has 2 rings (SSSR count). The van der Waals surface area contributed by atoms with E-state index >= 15 is 0 Å². The molecule has 0 bridgehead atoms. The summed E-state index contributed by atoms with van der Waals surface area (Å²) in [4.78, 5) is 29.9. The average molecular weight is 444 g/mol. The number of carbonyl (C=O) groups excluding carboxylic acids is 2. The first-order valence-corrected chi connectivity index (χ1v) is 10.9. The number of methoxy groups -OCH3 is 1. The average Bonchev–Trinajstić information content (AvgIpc) is 2.73. The van der Waals surface area contributed by atoms with Gasteiger partial charge in [-0.2, -0.15) is 0 Å². The first-order chi connectivity index (χ1) is 15.1. The van der Waals surface area contributed by atoms with E-state index in [0.717, 1.165) is 25.7 Å². The van der Waals surface area contributed by atoms with E-state index in [1.165, 1.54) is 44.5 Å². The Hall–Kier alpha value is -2.96. The van der Waals surface area contributed by atoms with Crippen LogP contribution in [0.25, 0.3) is 0 Å². The number of halogens is 1. The van der Waals surface area contributed by atoms with Gasteiger partial charge in [-0.1, -0.05) is 39.5 Å². The molecule has 1 fully saturated rings. The van der Waals surface area contributed by atoms with Gasteiger partial charge in [0, 0.05) is 13.1 Å². The van der Waals surface area contributed by atoms with Gasteiger partial charge in [-0.15, -0.1) is 0 Å². The number of ether oxygens (including phenoxy) is 1. The highest BCUT2D eigenvalue weighted by molar-refractivity contribution is 6.45. The summed E-state index contributed by atoms with van der Waals surface area (Å²) in [5.41, 5.74) is 0.189. The molecule has 0 unspecified atom stereocenters. The molecule has 2 amide bonds. The van der Waals surface area contributed by atoms with Crippen LogP contribution < -0.4 is 15.4 Å². The molecule has 0 atom stereocenters. The second kappa shape index (κ2) is 11.1. The Labute approximate surface area is 190 Å². The van der Waals surface area contributed by atoms with E-state index in [1.54, 1.807) is 0 Å². The van der Waals surface area contributed by atoms with Crippen LogP contribution in [0.4, 0.5) is 4.39 Å². The maximum absolute atomic E-state index is 14.3. The van der Waals surface area contributed by atoms with Gasteiger partial charge in [-0.3, -0.25) is 14.6 Å². The number of nitrogens with zero attached hydrogens (tertiary/aromatic N) is 1. The summed E-state index contributed by atoms with van der Waals surface area (Å²) in [6.07, 6.45) is 6.77. The normalized spacial score (nSPS) is 19.8. The molecular formula is C25H34FN3O3. The molecule has 1 saturated carbocycles. The minimum atomic E-state index is -0.743. The lowest BCUT2D eigenvalue weighted by molar-refractivity contribution is -0.115. The number of aliphatic imine (C=N–C) groups is 1. The summed E-state index contributed by atoms with van der Waals surface area (Å²) in [6, 6.07) is 4.16. The molecule has 1 aliphatic rings. The summed E-state index contributed by atoms with van der Waals surface area (Å²) in [5.74, 6) is -1.14. The lowest BCUT2D eigenvalue weighted by Crippen LogP contribution is -2.44. The molecule has 32 heavy (non-hydrogen) atoms. The van der Waals surface area contributed by atoms with E-state index in [1.807, 2.05) is 0 Å². The van der Waals surface area contributed by atoms with Crippen LogP contribution in [0.5, 0.6) is 5.75 Å². The topological polar surface area (TPSA) is 79.8 Å². The van der Waals surface area contributed by atoms with Gasteiger partial charge < -0.3 is 15.4 Å². The van der Waals surface area contributed by atoms with Crippen molar-refractivity contribution in [3.05, 3.63) is 54.0 Å². The van der Waals surface area contributed by atoms with Gasteiger partial charge in [0.05, 0.1) is 12.8 Å². The molecule has 0 aromatic heterocycles. The second-order valence-corrected chi connectivity index (χ2v) is 9.05. The first kappa shape index (κ1) is 25.3. The molecule has 6 nitrogen and oxygen atoms in total. The molecule has 1 aromatic carbocycles. The smallest absolute Gasteiger partial charge is 0.271 e. The van der Waals surface area contributed by atoms with Crippen molar-refractivity contribution >= 4 is 17.5 Å². The number of amides is 2. The van der Waals surface area contributed by atoms with Crippen molar-refractivity contribution in [2.45, 2.75) is 52.5 Å². The molecule has 0 aliphatic heterocycles. The Bertz CT molecular complexity index is 907. The molecule has 174 valence electrons. The Morgan fingerprint density at radius 1 is 1.22 bits per heavy atom. The van der Waals surface area contributed by atoms with Crippen LogP contribution in [-0.4, -0.2) is 37.7 Å². The summed E-state index contributed by atoms with van der Waals surface area (Å²) < 4.78 is 19.4. The number of hydrogen-bond donors (Lipinski definition) is 2. The van der Waals surface area contributed by atoms with E-state index in [2.05, 4.69) is 43.0 Å². The maximum Gasteiger partial charge on any atom is 0.271 e. The largest absolute Gasteiger partial charge is 0.496 e. The fourth-order valence-electron chi connectivity index (χ4n) is 4.08. The summed E-state index contributed by atoms with van der Waals surface area (Å²) in [6.45, 7) is 10.4. The summed E-state index contributed by atoms with van der Waals surface area (Å²) in [7, 11) is 2.82. The van der Waals surface area contributed by atoms with E-state index in [0.29, 0.717) is 5.92 Å². The fourth-order valence-corrected chi connectivity index (χ4v) is 4.08. The zero-order valence-electron chi connectivity index (χ0n) is 19.6. The molecule has 1 aromatic rings. The van der Waals surface area contributed by atoms with Crippen molar-refractivity contribution in [3.63, 3.8) is 0 Å². The highest BCUT2D eigenvalue weighted by atomic mass is 19.1. The van der Waals surface area contributed by atoms with E-state index in [4.69, 9.17) is 4.74 Å². The van der Waals surface area contributed by atoms with Gasteiger partial charge in [0.25, 0.3) is 11.8 Å². The molecule has 0 radical (unpaired) electrons. The summed E-state index contributed by atoms with van der Waals surface area (Å²) >= 11 is 0. The maximum atomic E-state index is 14.3. The summed E-state index contributed by atoms with van der Waals surface area (Å²) in [5, 5.41) is 5.62. The minimum Gasteiger partial charge on any atom is -0.496 e. The lowest BCUT2D eigenvalue weighted by Gasteiger charge is -2.37. The van der Waals surface area contributed by atoms with Crippen molar-refractivity contribution < 1.29 is 18.7 Å². The second-order valence-electron chi connectivity index (χ2n) is 9.05. The van der Waals surface area contributed by atoms with Gasteiger partial charge in [-0.05, 0) is 55.2 Å². The zero-order chi connectivity index (χ0) is 23.9. The SMILES string of the molecule is C=C/C=C(/NC(=O)c1c(F)cccc1OC)C(=NC)C(=O)NC1CCC(C(C)(C)C)CC1. The minimum absolute atomic E-state index is 0.0465. The number of rotatable bonds is 7. The van der Waals surface area contributed by atoms with Crippen molar-refractivity contribution in [1.82, 2.24) is 10.6 Å². The predicted molar refractivity (Wildman–Crippen MR) is 125 cm³/mol. The third kappa shape index (κ3) is 6.28. The predicted octanol–water partition coefficient (Wildman–Crippen LogP) is 4.43. The molecule has 0 spiro atoms. The fraction of sp³-hybridized carbons (Fsp3) is 0.480. The molecule has 0 saturated heterocycles. The monoisotopic (exact) mass is 443 g/mol. The van der Waals surface area contributed by atoms with Gasteiger partial charge >= 0.3 is 0 Å². The molecule has 7 heteroatoms. The highest BCUT2D eigenvalue weighted by Gasteiger charge is 2.31. The molecule has 2 N–H and O–H groups in total. The lowest BCUT2D eigenvalue weighted by atomic mass is 9.71.